The zero-order valence-corrected chi connectivity index (χ0v) is 16.7. The molecule has 2 aliphatic heterocycles. The minimum atomic E-state index is -0.463. The van der Waals surface area contributed by atoms with Gasteiger partial charge in [0.2, 0.25) is 5.91 Å². The number of rotatable bonds is 3. The molecule has 0 aliphatic carbocycles. The van der Waals surface area contributed by atoms with Gasteiger partial charge in [0, 0.05) is 12.2 Å². The van der Waals surface area contributed by atoms with E-state index in [1.165, 1.54) is 12.1 Å². The van der Waals surface area contributed by atoms with E-state index in [0.29, 0.717) is 18.8 Å². The van der Waals surface area contributed by atoms with Crippen LogP contribution in [-0.4, -0.2) is 51.1 Å². The number of aromatic nitrogens is 3. The van der Waals surface area contributed by atoms with E-state index in [0.717, 1.165) is 31.4 Å². The first-order valence-corrected chi connectivity index (χ1v) is 9.88. The maximum atomic E-state index is 13.3. The van der Waals surface area contributed by atoms with Gasteiger partial charge in [-0.15, -0.1) is 5.10 Å². The molecular weight excluding hydrogens is 359 g/mol. The minimum absolute atomic E-state index is 0.0443. The third-order valence-corrected chi connectivity index (χ3v) is 5.67. The molecule has 28 heavy (non-hydrogen) atoms. The summed E-state index contributed by atoms with van der Waals surface area (Å²) in [7, 11) is 0. The van der Waals surface area contributed by atoms with Gasteiger partial charge in [0.25, 0.3) is 0 Å². The second-order valence-electron chi connectivity index (χ2n) is 9.04. The van der Waals surface area contributed by atoms with Crippen LogP contribution < -0.4 is 0 Å². The highest BCUT2D eigenvalue weighted by molar-refractivity contribution is 5.82. The van der Waals surface area contributed by atoms with E-state index in [1.807, 2.05) is 25.7 Å². The number of ether oxygens (including phenoxy) is 1. The van der Waals surface area contributed by atoms with Gasteiger partial charge in [-0.05, 0) is 48.9 Å². The van der Waals surface area contributed by atoms with Crippen molar-refractivity contribution in [3.8, 4) is 11.3 Å². The lowest BCUT2D eigenvalue weighted by Gasteiger charge is -2.52. The molecule has 0 N–H and O–H groups in total. The Balaban J connectivity index is 1.54. The van der Waals surface area contributed by atoms with Crippen LogP contribution in [0.25, 0.3) is 11.3 Å². The highest BCUT2D eigenvalue weighted by Gasteiger charge is 2.50. The fourth-order valence-electron chi connectivity index (χ4n) is 4.17. The molecule has 1 aromatic heterocycles. The van der Waals surface area contributed by atoms with Crippen LogP contribution in [0.3, 0.4) is 0 Å². The number of carbonyl (C=O) groups excluding carboxylic acids is 1. The number of amides is 1. The average Bonchev–Trinajstić information content (AvgIpc) is 3.09. The Labute approximate surface area is 164 Å². The fourth-order valence-corrected chi connectivity index (χ4v) is 4.17. The van der Waals surface area contributed by atoms with Crippen molar-refractivity contribution in [2.24, 2.45) is 5.41 Å². The summed E-state index contributed by atoms with van der Waals surface area (Å²) in [5, 5.41) is 8.46. The van der Waals surface area contributed by atoms with Gasteiger partial charge in [-0.25, -0.2) is 9.07 Å². The molecule has 150 valence electrons. The predicted octanol–water partition coefficient (Wildman–Crippen LogP) is 3.45. The summed E-state index contributed by atoms with van der Waals surface area (Å²) in [6, 6.07) is 5.65. The number of hydrogen-bond acceptors (Lipinski definition) is 4. The monoisotopic (exact) mass is 386 g/mol. The van der Waals surface area contributed by atoms with Crippen LogP contribution in [0.5, 0.6) is 0 Å². The fraction of sp³-hybridized carbons (Fsp3) is 0.571. The van der Waals surface area contributed by atoms with Gasteiger partial charge in [-0.2, -0.15) is 0 Å². The average molecular weight is 386 g/mol. The number of likely N-dealkylation sites (tertiary alicyclic amines) is 1. The first kappa shape index (κ1) is 19.1. The molecule has 2 aromatic rings. The van der Waals surface area contributed by atoms with Crippen LogP contribution in [0.4, 0.5) is 4.39 Å². The molecule has 2 aliphatic rings. The summed E-state index contributed by atoms with van der Waals surface area (Å²) in [5.41, 5.74) is 0.919. The van der Waals surface area contributed by atoms with Gasteiger partial charge in [0.05, 0.1) is 19.3 Å². The van der Waals surface area contributed by atoms with Crippen molar-refractivity contribution in [2.75, 3.05) is 19.7 Å². The Morgan fingerprint density at radius 1 is 1.21 bits per heavy atom. The second-order valence-corrected chi connectivity index (χ2v) is 9.04. The molecule has 0 saturated carbocycles. The molecule has 1 amide bonds. The normalized spacial score (nSPS) is 20.1. The van der Waals surface area contributed by atoms with E-state index in [1.54, 1.807) is 23.0 Å². The first-order valence-electron chi connectivity index (χ1n) is 9.88. The lowest BCUT2D eigenvalue weighted by molar-refractivity contribution is -0.185. The topological polar surface area (TPSA) is 60.2 Å². The van der Waals surface area contributed by atoms with Crippen LogP contribution >= 0.6 is 0 Å². The molecule has 2 fully saturated rings. The lowest BCUT2D eigenvalue weighted by atomic mass is 9.82. The molecule has 0 radical (unpaired) electrons. The van der Waals surface area contributed by atoms with Crippen LogP contribution in [-0.2, 0) is 9.53 Å². The van der Waals surface area contributed by atoms with E-state index in [2.05, 4.69) is 10.3 Å². The summed E-state index contributed by atoms with van der Waals surface area (Å²) in [6.45, 7) is 8.18. The van der Waals surface area contributed by atoms with Crippen LogP contribution in [0.1, 0.15) is 46.1 Å². The molecule has 3 heterocycles. The largest absolute Gasteiger partial charge is 0.371 e. The Hall–Kier alpha value is -2.28. The van der Waals surface area contributed by atoms with Crippen LogP contribution in [0.2, 0.25) is 0 Å². The number of halogens is 1. The smallest absolute Gasteiger partial charge is 0.248 e. The van der Waals surface area contributed by atoms with Gasteiger partial charge in [-0.1, -0.05) is 26.0 Å². The van der Waals surface area contributed by atoms with Crippen molar-refractivity contribution in [2.45, 2.75) is 51.7 Å². The molecule has 1 aromatic carbocycles. The highest BCUT2D eigenvalue weighted by atomic mass is 19.1. The van der Waals surface area contributed by atoms with Gasteiger partial charge >= 0.3 is 0 Å². The number of carbonyl (C=O) groups is 1. The third kappa shape index (κ3) is 3.55. The lowest BCUT2D eigenvalue weighted by Crippen LogP contribution is -2.67. The number of nitrogens with zero attached hydrogens (tertiary/aromatic N) is 4. The summed E-state index contributed by atoms with van der Waals surface area (Å²) in [4.78, 5) is 15.2. The zero-order chi connectivity index (χ0) is 19.9. The van der Waals surface area contributed by atoms with E-state index in [9.17, 15) is 9.18 Å². The molecule has 2 saturated heterocycles. The molecule has 7 heteroatoms. The van der Waals surface area contributed by atoms with Gasteiger partial charge in [-0.3, -0.25) is 4.79 Å². The van der Waals surface area contributed by atoms with Gasteiger partial charge in [0.1, 0.15) is 23.2 Å². The maximum Gasteiger partial charge on any atom is 0.248 e. The van der Waals surface area contributed by atoms with Crippen molar-refractivity contribution in [1.82, 2.24) is 19.9 Å². The van der Waals surface area contributed by atoms with E-state index < -0.39 is 6.04 Å². The Morgan fingerprint density at radius 2 is 1.93 bits per heavy atom. The molecule has 0 bridgehead atoms. The Bertz CT molecular complexity index is 842. The van der Waals surface area contributed by atoms with E-state index >= 15 is 0 Å². The van der Waals surface area contributed by atoms with Crippen molar-refractivity contribution in [3.63, 3.8) is 0 Å². The molecule has 1 spiro atoms. The SMILES string of the molecule is CC(C)(C)[C@@H](C(=O)N1CC2(CCCCO2)C1)n1cc(-c2ccc(F)cc2)nn1. The summed E-state index contributed by atoms with van der Waals surface area (Å²) in [5.74, 6) is -0.251. The highest BCUT2D eigenvalue weighted by Crippen LogP contribution is 2.39. The molecule has 6 nitrogen and oxygen atoms in total. The predicted molar refractivity (Wildman–Crippen MR) is 103 cm³/mol. The summed E-state index contributed by atoms with van der Waals surface area (Å²) in [6.07, 6.45) is 5.06. The summed E-state index contributed by atoms with van der Waals surface area (Å²) >= 11 is 0. The third-order valence-electron chi connectivity index (χ3n) is 5.67. The van der Waals surface area contributed by atoms with Gasteiger partial charge < -0.3 is 9.64 Å². The Morgan fingerprint density at radius 3 is 2.54 bits per heavy atom. The van der Waals surface area contributed by atoms with Crippen LogP contribution in [0.15, 0.2) is 30.5 Å². The summed E-state index contributed by atoms with van der Waals surface area (Å²) < 4.78 is 20.8. The van der Waals surface area contributed by atoms with Crippen LogP contribution in [0, 0.1) is 11.2 Å². The van der Waals surface area contributed by atoms with Crippen molar-refractivity contribution < 1.29 is 13.9 Å². The van der Waals surface area contributed by atoms with Crippen molar-refractivity contribution in [3.05, 3.63) is 36.3 Å². The van der Waals surface area contributed by atoms with E-state index in [4.69, 9.17) is 4.74 Å². The van der Waals surface area contributed by atoms with Gasteiger partial charge in [0.15, 0.2) is 0 Å². The second kappa shape index (κ2) is 6.95. The molecule has 1 atom stereocenters. The quantitative estimate of drug-likeness (QED) is 0.811. The van der Waals surface area contributed by atoms with Crippen molar-refractivity contribution in [1.29, 1.82) is 0 Å². The first-order chi connectivity index (χ1) is 13.3. The Kier molecular flexibility index (Phi) is 4.73. The number of hydrogen-bond donors (Lipinski definition) is 0. The molecule has 4 rings (SSSR count). The zero-order valence-electron chi connectivity index (χ0n) is 16.7. The molecular formula is C21H27FN4O2. The van der Waals surface area contributed by atoms with Crippen molar-refractivity contribution >= 4 is 5.91 Å². The minimum Gasteiger partial charge on any atom is -0.371 e. The maximum absolute atomic E-state index is 13.3. The standard InChI is InChI=1S/C21H27FN4O2/c1-20(2,3)18(19(27)25-13-21(14-25)10-4-5-11-28-21)26-12-17(23-24-26)15-6-8-16(22)9-7-15/h6-9,12,18H,4-5,10-11,13-14H2,1-3H3/t18-/m1/s1. The molecule has 0 unspecified atom stereocenters. The van der Waals surface area contributed by atoms with E-state index in [-0.39, 0.29) is 22.7 Å². The number of benzene rings is 1.